The highest BCUT2D eigenvalue weighted by Gasteiger charge is 2.44. The first kappa shape index (κ1) is 18.5. The van der Waals surface area contributed by atoms with Gasteiger partial charge in [0.1, 0.15) is 0 Å². The first-order chi connectivity index (χ1) is 12.6. The molecule has 0 amide bonds. The van der Waals surface area contributed by atoms with Crippen LogP contribution in [-0.2, 0) is 12.3 Å². The van der Waals surface area contributed by atoms with Gasteiger partial charge in [-0.3, -0.25) is 9.98 Å². The number of nitrogens with zero attached hydrogens (tertiary/aromatic N) is 3. The van der Waals surface area contributed by atoms with Crippen LogP contribution in [-0.4, -0.2) is 46.7 Å². The van der Waals surface area contributed by atoms with Gasteiger partial charge in [-0.15, -0.1) is 0 Å². The third-order valence-corrected chi connectivity index (χ3v) is 5.50. The number of amidine groups is 1. The second-order valence-corrected chi connectivity index (χ2v) is 6.78. The number of pyridine rings is 1. The Hall–Kier alpha value is -2.25. The van der Waals surface area contributed by atoms with Gasteiger partial charge in [0.05, 0.1) is 32.2 Å². The molecule has 0 bridgehead atoms. The van der Waals surface area contributed by atoms with Crippen LogP contribution in [0.5, 0.6) is 11.5 Å². The zero-order chi connectivity index (χ0) is 18.6. The van der Waals surface area contributed by atoms with E-state index < -0.39 is 5.72 Å². The molecule has 1 aliphatic rings. The van der Waals surface area contributed by atoms with Gasteiger partial charge in [-0.2, -0.15) is 0 Å². The van der Waals surface area contributed by atoms with Crippen molar-refractivity contribution in [1.29, 1.82) is 0 Å². The van der Waals surface area contributed by atoms with E-state index in [2.05, 4.69) is 9.98 Å². The van der Waals surface area contributed by atoms with Crippen LogP contribution in [0.2, 0.25) is 0 Å². The zero-order valence-electron chi connectivity index (χ0n) is 15.2. The minimum absolute atomic E-state index is 0.488. The lowest BCUT2D eigenvalue weighted by Crippen LogP contribution is -2.44. The molecule has 1 atom stereocenters. The maximum absolute atomic E-state index is 11.4. The third kappa shape index (κ3) is 3.50. The molecule has 0 saturated carbocycles. The molecule has 1 N–H and O–H groups in total. The summed E-state index contributed by atoms with van der Waals surface area (Å²) in [5, 5.41) is 12.2. The average molecular weight is 373 g/mol. The van der Waals surface area contributed by atoms with Gasteiger partial charge in [0.15, 0.2) is 22.4 Å². The summed E-state index contributed by atoms with van der Waals surface area (Å²) >= 11 is 1.55. The smallest absolute Gasteiger partial charge is 0.175 e. The van der Waals surface area contributed by atoms with Crippen LogP contribution in [0.1, 0.15) is 18.2 Å². The average Bonchev–Trinajstić information content (AvgIpc) is 3.03. The van der Waals surface area contributed by atoms with Crippen LogP contribution in [0.3, 0.4) is 0 Å². The van der Waals surface area contributed by atoms with Crippen molar-refractivity contribution < 1.29 is 14.6 Å². The Morgan fingerprint density at radius 2 is 2.04 bits per heavy atom. The second-order valence-electron chi connectivity index (χ2n) is 5.84. The maximum atomic E-state index is 11.4. The molecule has 1 aromatic carbocycles. The Morgan fingerprint density at radius 1 is 1.23 bits per heavy atom. The van der Waals surface area contributed by atoms with Crippen LogP contribution >= 0.6 is 11.8 Å². The van der Waals surface area contributed by atoms with Gasteiger partial charge in [0, 0.05) is 18.3 Å². The van der Waals surface area contributed by atoms with E-state index in [-0.39, 0.29) is 0 Å². The van der Waals surface area contributed by atoms with Gasteiger partial charge in [-0.05, 0) is 31.2 Å². The van der Waals surface area contributed by atoms with Crippen LogP contribution in [0.25, 0.3) is 0 Å². The predicted molar refractivity (Wildman–Crippen MR) is 104 cm³/mol. The lowest BCUT2D eigenvalue weighted by molar-refractivity contribution is -0.0455. The van der Waals surface area contributed by atoms with E-state index in [0.717, 1.165) is 16.4 Å². The Labute approximate surface area is 157 Å². The minimum Gasteiger partial charge on any atom is -0.493 e. The summed E-state index contributed by atoms with van der Waals surface area (Å²) in [7, 11) is 3.19. The molecule has 138 valence electrons. The van der Waals surface area contributed by atoms with E-state index in [1.165, 1.54) is 0 Å². The fourth-order valence-electron chi connectivity index (χ4n) is 2.97. The second kappa shape index (κ2) is 7.97. The fraction of sp³-hybridized carbons (Fsp3) is 0.368. The SMILES string of the molecule is CCN1C(=NCc2ccccn2)SCC1(O)c1ccc(OC)c(OC)c1. The van der Waals surface area contributed by atoms with Crippen molar-refractivity contribution in [1.82, 2.24) is 9.88 Å². The highest BCUT2D eigenvalue weighted by atomic mass is 32.2. The molecule has 0 spiro atoms. The van der Waals surface area contributed by atoms with Crippen molar-refractivity contribution in [3.05, 3.63) is 53.9 Å². The molecule has 3 rings (SSSR count). The molecule has 1 aromatic heterocycles. The molecule has 2 aromatic rings. The molecule has 1 aliphatic heterocycles. The van der Waals surface area contributed by atoms with E-state index in [4.69, 9.17) is 9.47 Å². The Kier molecular flexibility index (Phi) is 5.68. The normalized spacial score (nSPS) is 21.2. The molecule has 1 unspecified atom stereocenters. The number of benzene rings is 1. The molecule has 6 nitrogen and oxygen atoms in total. The first-order valence-corrected chi connectivity index (χ1v) is 9.40. The molecule has 0 aliphatic carbocycles. The van der Waals surface area contributed by atoms with Crippen molar-refractivity contribution in [2.24, 2.45) is 4.99 Å². The summed E-state index contributed by atoms with van der Waals surface area (Å²) in [6.45, 7) is 3.13. The number of aliphatic hydroxyl groups is 1. The third-order valence-electron chi connectivity index (χ3n) is 4.34. The monoisotopic (exact) mass is 373 g/mol. The van der Waals surface area contributed by atoms with Crippen LogP contribution < -0.4 is 9.47 Å². The summed E-state index contributed by atoms with van der Waals surface area (Å²) in [5.74, 6) is 1.73. The Bertz CT molecular complexity index is 785. The van der Waals surface area contributed by atoms with Gasteiger partial charge in [0.2, 0.25) is 0 Å². The number of hydrogen-bond donors (Lipinski definition) is 1. The maximum Gasteiger partial charge on any atom is 0.175 e. The summed E-state index contributed by atoms with van der Waals surface area (Å²) in [6.07, 6.45) is 1.76. The molecule has 0 radical (unpaired) electrons. The zero-order valence-corrected chi connectivity index (χ0v) is 16.0. The van der Waals surface area contributed by atoms with Gasteiger partial charge < -0.3 is 19.5 Å². The van der Waals surface area contributed by atoms with Crippen molar-refractivity contribution >= 4 is 16.9 Å². The molecule has 2 heterocycles. The number of methoxy groups -OCH3 is 2. The van der Waals surface area contributed by atoms with Gasteiger partial charge >= 0.3 is 0 Å². The Balaban J connectivity index is 1.88. The van der Waals surface area contributed by atoms with E-state index in [1.54, 1.807) is 32.2 Å². The quantitative estimate of drug-likeness (QED) is 0.840. The van der Waals surface area contributed by atoms with Crippen LogP contribution in [0, 0.1) is 0 Å². The number of thioether (sulfide) groups is 1. The summed E-state index contributed by atoms with van der Waals surface area (Å²) < 4.78 is 10.7. The molecule has 1 saturated heterocycles. The highest BCUT2D eigenvalue weighted by molar-refractivity contribution is 8.14. The topological polar surface area (TPSA) is 67.2 Å². The van der Waals surface area contributed by atoms with E-state index in [9.17, 15) is 5.11 Å². The van der Waals surface area contributed by atoms with Crippen LogP contribution in [0.15, 0.2) is 47.6 Å². The van der Waals surface area contributed by atoms with Crippen molar-refractivity contribution in [2.45, 2.75) is 19.2 Å². The van der Waals surface area contributed by atoms with Crippen LogP contribution in [0.4, 0.5) is 0 Å². The van der Waals surface area contributed by atoms with Crippen molar-refractivity contribution in [3.63, 3.8) is 0 Å². The number of ether oxygens (including phenoxy) is 2. The molecular weight excluding hydrogens is 350 g/mol. The molecular formula is C19H23N3O3S. The molecule has 7 heteroatoms. The Morgan fingerprint density at radius 3 is 2.69 bits per heavy atom. The number of aromatic nitrogens is 1. The summed E-state index contributed by atoms with van der Waals surface area (Å²) in [6, 6.07) is 11.3. The van der Waals surface area contributed by atoms with E-state index >= 15 is 0 Å². The first-order valence-electron chi connectivity index (χ1n) is 8.42. The van der Waals surface area contributed by atoms with Gasteiger partial charge in [0.25, 0.3) is 0 Å². The highest BCUT2D eigenvalue weighted by Crippen LogP contribution is 2.41. The van der Waals surface area contributed by atoms with Gasteiger partial charge in [-0.1, -0.05) is 23.9 Å². The summed E-state index contributed by atoms with van der Waals surface area (Å²) in [4.78, 5) is 10.9. The fourth-order valence-corrected chi connectivity index (χ4v) is 4.22. The number of aliphatic imine (C=N–C) groups is 1. The van der Waals surface area contributed by atoms with E-state index in [0.29, 0.717) is 30.3 Å². The largest absolute Gasteiger partial charge is 0.493 e. The number of rotatable bonds is 6. The number of hydrogen-bond acceptors (Lipinski definition) is 6. The lowest BCUT2D eigenvalue weighted by Gasteiger charge is -2.34. The van der Waals surface area contributed by atoms with Gasteiger partial charge in [-0.25, -0.2) is 0 Å². The molecule has 26 heavy (non-hydrogen) atoms. The van der Waals surface area contributed by atoms with Crippen molar-refractivity contribution in [2.75, 3.05) is 26.5 Å². The predicted octanol–water partition coefficient (Wildman–Crippen LogP) is 2.87. The lowest BCUT2D eigenvalue weighted by atomic mass is 10.0. The van der Waals surface area contributed by atoms with Crippen molar-refractivity contribution in [3.8, 4) is 11.5 Å². The standard InChI is InChI=1S/C19H23N3O3S/c1-4-22-18(21-12-15-7-5-6-10-20-15)26-13-19(22,23)14-8-9-16(24-2)17(11-14)25-3/h5-11,23H,4,12-13H2,1-3H3. The minimum atomic E-state index is -1.14. The molecule has 1 fully saturated rings. The van der Waals surface area contributed by atoms with E-state index in [1.807, 2.05) is 48.2 Å². The summed E-state index contributed by atoms with van der Waals surface area (Å²) in [5.41, 5.74) is 0.521.